The summed E-state index contributed by atoms with van der Waals surface area (Å²) >= 11 is 1.48. The molecule has 0 atom stereocenters. The molecule has 0 fully saturated rings. The summed E-state index contributed by atoms with van der Waals surface area (Å²) in [5, 5.41) is 2.05. The Morgan fingerprint density at radius 1 is 0.912 bits per heavy atom. The highest BCUT2D eigenvalue weighted by Crippen LogP contribution is 2.22. The van der Waals surface area contributed by atoms with Crippen LogP contribution in [0.2, 0.25) is 0 Å². The molecule has 0 aliphatic rings. The SMILES string of the molecule is Cc1c(N=c2scc(-c3ccccc3)n2Cc2ccc(F)cc2)c(=O)n(-c2ccccc2)n1C. The Morgan fingerprint density at radius 3 is 2.24 bits per heavy atom. The van der Waals surface area contributed by atoms with Gasteiger partial charge in [-0.3, -0.25) is 9.48 Å². The maximum atomic E-state index is 13.5. The zero-order valence-corrected chi connectivity index (χ0v) is 19.7. The maximum Gasteiger partial charge on any atom is 0.297 e. The number of benzene rings is 3. The van der Waals surface area contributed by atoms with Crippen LogP contribution < -0.4 is 10.4 Å². The number of aromatic nitrogens is 3. The fourth-order valence-electron chi connectivity index (χ4n) is 3.96. The third-order valence-corrected chi connectivity index (χ3v) is 6.72. The molecule has 0 N–H and O–H groups in total. The molecule has 5 rings (SSSR count). The van der Waals surface area contributed by atoms with Gasteiger partial charge in [0, 0.05) is 12.4 Å². The first-order valence-electron chi connectivity index (χ1n) is 10.9. The Hall–Kier alpha value is -3.97. The third kappa shape index (κ3) is 4.06. The second-order valence-corrected chi connectivity index (χ2v) is 8.84. The van der Waals surface area contributed by atoms with Crippen LogP contribution in [-0.4, -0.2) is 13.9 Å². The lowest BCUT2D eigenvalue weighted by Crippen LogP contribution is -2.20. The van der Waals surface area contributed by atoms with Crippen LogP contribution in [0.25, 0.3) is 16.9 Å². The maximum absolute atomic E-state index is 13.5. The predicted molar refractivity (Wildman–Crippen MR) is 134 cm³/mol. The Morgan fingerprint density at radius 2 is 1.56 bits per heavy atom. The molecule has 5 aromatic rings. The van der Waals surface area contributed by atoms with Crippen LogP contribution in [0, 0.1) is 12.7 Å². The summed E-state index contributed by atoms with van der Waals surface area (Å²) in [5.41, 5.74) is 4.78. The van der Waals surface area contributed by atoms with E-state index < -0.39 is 0 Å². The second kappa shape index (κ2) is 9.11. The van der Waals surface area contributed by atoms with Crippen molar-refractivity contribution in [2.75, 3.05) is 0 Å². The first-order valence-corrected chi connectivity index (χ1v) is 11.8. The smallest absolute Gasteiger partial charge is 0.297 e. The second-order valence-electron chi connectivity index (χ2n) is 8.00. The fraction of sp³-hybridized carbons (Fsp3) is 0.111. The highest BCUT2D eigenvalue weighted by molar-refractivity contribution is 7.07. The minimum Gasteiger partial charge on any atom is -0.312 e. The van der Waals surface area contributed by atoms with Crippen molar-refractivity contribution in [3.8, 4) is 16.9 Å². The van der Waals surface area contributed by atoms with Crippen molar-refractivity contribution in [2.45, 2.75) is 13.5 Å². The molecule has 34 heavy (non-hydrogen) atoms. The molecule has 0 unspecified atom stereocenters. The van der Waals surface area contributed by atoms with Crippen LogP contribution in [-0.2, 0) is 13.6 Å². The van der Waals surface area contributed by atoms with Crippen molar-refractivity contribution in [1.29, 1.82) is 0 Å². The Bertz CT molecular complexity index is 1560. The molecule has 0 saturated carbocycles. The topological polar surface area (TPSA) is 44.2 Å². The molecule has 0 aliphatic carbocycles. The number of hydrogen-bond acceptors (Lipinski definition) is 3. The van der Waals surface area contributed by atoms with Gasteiger partial charge in [0.2, 0.25) is 0 Å². The summed E-state index contributed by atoms with van der Waals surface area (Å²) in [6, 6.07) is 26.0. The van der Waals surface area contributed by atoms with Crippen molar-refractivity contribution in [2.24, 2.45) is 12.0 Å². The van der Waals surface area contributed by atoms with Crippen molar-refractivity contribution in [3.05, 3.63) is 123 Å². The van der Waals surface area contributed by atoms with Gasteiger partial charge in [0.05, 0.1) is 23.6 Å². The average Bonchev–Trinajstić information content (AvgIpc) is 3.35. The number of rotatable bonds is 5. The Balaban J connectivity index is 1.69. The standard InChI is InChI=1S/C27H23FN4OS/c1-19-25(26(33)32(30(19)2)23-11-7-4-8-12-23)29-27-31(17-20-13-15-22(28)16-14-20)24(18-34-27)21-9-5-3-6-10-21/h3-16,18H,17H2,1-2H3. The van der Waals surface area contributed by atoms with E-state index in [4.69, 9.17) is 4.99 Å². The van der Waals surface area contributed by atoms with Crippen molar-refractivity contribution >= 4 is 17.0 Å². The molecule has 2 aromatic heterocycles. The summed E-state index contributed by atoms with van der Waals surface area (Å²) in [6.07, 6.45) is 0. The van der Waals surface area contributed by atoms with Gasteiger partial charge in [-0.1, -0.05) is 60.7 Å². The van der Waals surface area contributed by atoms with E-state index in [1.807, 2.05) is 84.7 Å². The van der Waals surface area contributed by atoms with Gasteiger partial charge in [-0.05, 0) is 42.3 Å². The van der Waals surface area contributed by atoms with Gasteiger partial charge >= 0.3 is 0 Å². The first-order chi connectivity index (χ1) is 16.5. The number of para-hydroxylation sites is 1. The van der Waals surface area contributed by atoms with Crippen LogP contribution in [0.5, 0.6) is 0 Å². The van der Waals surface area contributed by atoms with Gasteiger partial charge in [0.1, 0.15) is 5.82 Å². The quantitative estimate of drug-likeness (QED) is 0.338. The molecule has 0 radical (unpaired) electrons. The molecule has 170 valence electrons. The van der Waals surface area contributed by atoms with Crippen molar-refractivity contribution in [1.82, 2.24) is 13.9 Å². The zero-order chi connectivity index (χ0) is 23.7. The molecular formula is C27H23FN4OS. The summed E-state index contributed by atoms with van der Waals surface area (Å²) in [4.78, 5) is 19.0. The lowest BCUT2D eigenvalue weighted by atomic mass is 10.1. The highest BCUT2D eigenvalue weighted by Gasteiger charge is 2.17. The first kappa shape index (κ1) is 21.9. The highest BCUT2D eigenvalue weighted by atomic mass is 32.1. The van der Waals surface area contributed by atoms with E-state index in [-0.39, 0.29) is 11.4 Å². The monoisotopic (exact) mass is 470 g/mol. The van der Waals surface area contributed by atoms with Crippen LogP contribution in [0.4, 0.5) is 10.1 Å². The summed E-state index contributed by atoms with van der Waals surface area (Å²) in [6.45, 7) is 2.40. The normalized spacial score (nSPS) is 11.8. The van der Waals surface area contributed by atoms with E-state index in [1.54, 1.807) is 16.8 Å². The molecule has 0 aliphatic heterocycles. The van der Waals surface area contributed by atoms with E-state index in [9.17, 15) is 9.18 Å². The van der Waals surface area contributed by atoms with Crippen LogP contribution in [0.15, 0.2) is 100 Å². The minimum atomic E-state index is -0.270. The Kier molecular flexibility index (Phi) is 5.86. The number of halogens is 1. The van der Waals surface area contributed by atoms with Gasteiger partial charge in [-0.2, -0.15) is 0 Å². The third-order valence-electron chi connectivity index (χ3n) is 5.85. The van der Waals surface area contributed by atoms with E-state index in [2.05, 4.69) is 4.57 Å². The van der Waals surface area contributed by atoms with Gasteiger partial charge in [-0.15, -0.1) is 11.3 Å². The minimum absolute atomic E-state index is 0.172. The van der Waals surface area contributed by atoms with Gasteiger partial charge in [0.25, 0.3) is 5.56 Å². The van der Waals surface area contributed by atoms with E-state index >= 15 is 0 Å². The lowest BCUT2D eigenvalue weighted by molar-refractivity contribution is 0.626. The summed E-state index contributed by atoms with van der Waals surface area (Å²) in [5.74, 6) is -0.270. The molecule has 3 aromatic carbocycles. The van der Waals surface area contributed by atoms with E-state index in [0.29, 0.717) is 17.0 Å². The Labute approximate surface area is 200 Å². The van der Waals surface area contributed by atoms with Gasteiger partial charge in [0.15, 0.2) is 10.5 Å². The predicted octanol–water partition coefficient (Wildman–Crippen LogP) is 5.43. The van der Waals surface area contributed by atoms with Gasteiger partial charge in [-0.25, -0.2) is 14.1 Å². The van der Waals surface area contributed by atoms with Crippen molar-refractivity contribution in [3.63, 3.8) is 0 Å². The molecule has 0 saturated heterocycles. The molecule has 5 nitrogen and oxygen atoms in total. The number of hydrogen-bond donors (Lipinski definition) is 0. The molecule has 7 heteroatoms. The largest absolute Gasteiger partial charge is 0.312 e. The molecular weight excluding hydrogens is 447 g/mol. The zero-order valence-electron chi connectivity index (χ0n) is 18.9. The van der Waals surface area contributed by atoms with E-state index in [1.165, 1.54) is 23.5 Å². The van der Waals surface area contributed by atoms with Crippen molar-refractivity contribution < 1.29 is 4.39 Å². The summed E-state index contributed by atoms with van der Waals surface area (Å²) in [7, 11) is 1.86. The van der Waals surface area contributed by atoms with Crippen LogP contribution >= 0.6 is 11.3 Å². The number of thiazole rings is 1. The molecule has 0 spiro atoms. The molecule has 2 heterocycles. The van der Waals surface area contributed by atoms with E-state index in [0.717, 1.165) is 28.2 Å². The summed E-state index contributed by atoms with van der Waals surface area (Å²) < 4.78 is 19.0. The molecule has 0 bridgehead atoms. The van der Waals surface area contributed by atoms with Gasteiger partial charge < -0.3 is 4.57 Å². The molecule has 0 amide bonds. The average molecular weight is 471 g/mol. The van der Waals surface area contributed by atoms with Crippen LogP contribution in [0.3, 0.4) is 0 Å². The lowest BCUT2D eigenvalue weighted by Gasteiger charge is -2.09. The fourth-order valence-corrected chi connectivity index (χ4v) is 4.88. The number of nitrogens with zero attached hydrogens (tertiary/aromatic N) is 4. The van der Waals surface area contributed by atoms with Crippen LogP contribution in [0.1, 0.15) is 11.3 Å².